The molecule has 5 nitrogen and oxygen atoms in total. The van der Waals surface area contributed by atoms with Crippen LogP contribution in [0.4, 0.5) is 10.1 Å². The molecule has 0 radical (unpaired) electrons. The van der Waals surface area contributed by atoms with E-state index in [1.165, 1.54) is 0 Å². The van der Waals surface area contributed by atoms with Gasteiger partial charge >= 0.3 is 5.97 Å². The number of allylic oxidation sites excluding steroid dienone is 1. The minimum absolute atomic E-state index is 0.0127. The molecule has 0 bridgehead atoms. The molecule has 0 saturated carbocycles. The van der Waals surface area contributed by atoms with Crippen molar-refractivity contribution in [2.75, 3.05) is 11.9 Å². The van der Waals surface area contributed by atoms with Crippen LogP contribution in [0.2, 0.25) is 5.02 Å². The summed E-state index contributed by atoms with van der Waals surface area (Å²) in [5.74, 6) is -1.42. The molecule has 0 aromatic heterocycles. The maximum absolute atomic E-state index is 13.6. The highest BCUT2D eigenvalue weighted by atomic mass is 35.5. The summed E-state index contributed by atoms with van der Waals surface area (Å²) >= 11 is 5.76. The van der Waals surface area contributed by atoms with Crippen molar-refractivity contribution in [3.63, 3.8) is 0 Å². The Labute approximate surface area is 119 Å². The van der Waals surface area contributed by atoms with Gasteiger partial charge in [-0.25, -0.2) is 9.18 Å². The van der Waals surface area contributed by atoms with Crippen molar-refractivity contribution in [1.29, 1.82) is 10.5 Å². The summed E-state index contributed by atoms with van der Waals surface area (Å²) in [5.41, 5.74) is -0.348. The minimum atomic E-state index is -0.727. The van der Waals surface area contributed by atoms with Gasteiger partial charge in [-0.1, -0.05) is 11.6 Å². The van der Waals surface area contributed by atoms with Crippen molar-refractivity contribution in [3.8, 4) is 12.1 Å². The number of ether oxygens (including phenoxy) is 1. The molecule has 0 fully saturated rings. The van der Waals surface area contributed by atoms with E-state index in [-0.39, 0.29) is 28.5 Å². The Morgan fingerprint density at radius 2 is 2.15 bits per heavy atom. The Kier molecular flexibility index (Phi) is 5.52. The Bertz CT molecular complexity index is 628. The lowest BCUT2D eigenvalue weighted by atomic mass is 10.2. The Morgan fingerprint density at radius 1 is 1.50 bits per heavy atom. The lowest BCUT2D eigenvalue weighted by molar-refractivity contribution is 0.0526. The van der Waals surface area contributed by atoms with E-state index in [2.05, 4.69) is 5.32 Å². The normalized spacial score (nSPS) is 9.05. The van der Waals surface area contributed by atoms with Gasteiger partial charge in [0.2, 0.25) is 0 Å². The number of hydrogen-bond donors (Lipinski definition) is 1. The molecular formula is C13H9ClFN3O2. The van der Waals surface area contributed by atoms with Crippen molar-refractivity contribution in [2.45, 2.75) is 6.92 Å². The summed E-state index contributed by atoms with van der Waals surface area (Å²) in [7, 11) is 0. The van der Waals surface area contributed by atoms with Gasteiger partial charge in [0, 0.05) is 6.20 Å². The van der Waals surface area contributed by atoms with E-state index in [1.807, 2.05) is 0 Å². The first kappa shape index (κ1) is 15.5. The van der Waals surface area contributed by atoms with Crippen molar-refractivity contribution in [1.82, 2.24) is 0 Å². The van der Waals surface area contributed by atoms with Crippen LogP contribution in [0.3, 0.4) is 0 Å². The minimum Gasteiger partial charge on any atom is -0.462 e. The first-order chi connectivity index (χ1) is 9.53. The van der Waals surface area contributed by atoms with Gasteiger partial charge in [-0.15, -0.1) is 0 Å². The third-order valence-corrected chi connectivity index (χ3v) is 2.48. The van der Waals surface area contributed by atoms with E-state index in [4.69, 9.17) is 26.9 Å². The molecule has 0 aliphatic rings. The van der Waals surface area contributed by atoms with Gasteiger partial charge in [-0.2, -0.15) is 10.5 Å². The largest absolute Gasteiger partial charge is 0.462 e. The van der Waals surface area contributed by atoms with Crippen molar-refractivity contribution >= 4 is 23.3 Å². The number of carbonyl (C=O) groups excluding carboxylic acids is 1. The highest BCUT2D eigenvalue weighted by molar-refractivity contribution is 6.33. The lowest BCUT2D eigenvalue weighted by Gasteiger charge is -2.08. The molecule has 0 aliphatic heterocycles. The highest BCUT2D eigenvalue weighted by Gasteiger charge is 2.15. The van der Waals surface area contributed by atoms with Gasteiger partial charge in [0.25, 0.3) is 0 Å². The molecule has 0 aliphatic carbocycles. The number of nitriles is 2. The van der Waals surface area contributed by atoms with Crippen LogP contribution in [-0.2, 0) is 4.74 Å². The fourth-order valence-corrected chi connectivity index (χ4v) is 1.49. The van der Waals surface area contributed by atoms with E-state index in [1.54, 1.807) is 19.1 Å². The quantitative estimate of drug-likeness (QED) is 0.681. The molecule has 0 saturated heterocycles. The van der Waals surface area contributed by atoms with Crippen LogP contribution >= 0.6 is 11.6 Å². The number of esters is 1. The SMILES string of the molecule is CCOC(=O)c1cc(NC=C(C#N)C#N)c(F)cc1Cl. The number of hydrogen-bond acceptors (Lipinski definition) is 5. The molecule has 1 rings (SSSR count). The zero-order valence-electron chi connectivity index (χ0n) is 10.4. The second-order valence-corrected chi connectivity index (χ2v) is 3.87. The topological polar surface area (TPSA) is 85.9 Å². The van der Waals surface area contributed by atoms with Crippen molar-refractivity contribution in [2.24, 2.45) is 0 Å². The standard InChI is InChI=1S/C13H9ClFN3O2/c1-2-20-13(19)9-3-12(11(15)4-10(9)14)18-7-8(5-16)6-17/h3-4,7,18H,2H2,1H3. The molecule has 1 aromatic carbocycles. The van der Waals surface area contributed by atoms with Crippen molar-refractivity contribution < 1.29 is 13.9 Å². The molecule has 1 N–H and O–H groups in total. The summed E-state index contributed by atoms with van der Waals surface area (Å²) in [4.78, 5) is 11.6. The van der Waals surface area contributed by atoms with E-state index >= 15 is 0 Å². The van der Waals surface area contributed by atoms with Gasteiger partial charge in [0.1, 0.15) is 23.5 Å². The summed E-state index contributed by atoms with van der Waals surface area (Å²) in [6.07, 6.45) is 1.03. The number of nitrogens with one attached hydrogen (secondary N) is 1. The van der Waals surface area contributed by atoms with Crippen LogP contribution in [-0.4, -0.2) is 12.6 Å². The van der Waals surface area contributed by atoms with E-state index in [0.717, 1.165) is 18.3 Å². The first-order valence-electron chi connectivity index (χ1n) is 5.46. The Balaban J connectivity index is 3.13. The fourth-order valence-electron chi connectivity index (χ4n) is 1.26. The number of nitrogens with zero attached hydrogens (tertiary/aromatic N) is 2. The van der Waals surface area contributed by atoms with Crippen molar-refractivity contribution in [3.05, 3.63) is 40.3 Å². The van der Waals surface area contributed by atoms with E-state index in [0.29, 0.717) is 0 Å². The van der Waals surface area contributed by atoms with Gasteiger partial charge in [-0.3, -0.25) is 0 Å². The lowest BCUT2D eigenvalue weighted by Crippen LogP contribution is -2.07. The zero-order chi connectivity index (χ0) is 15.1. The third kappa shape index (κ3) is 3.71. The zero-order valence-corrected chi connectivity index (χ0v) is 11.2. The molecule has 0 amide bonds. The Hall–Kier alpha value is -2.57. The molecule has 0 spiro atoms. The summed E-state index contributed by atoms with van der Waals surface area (Å²) in [6.45, 7) is 1.78. The molecule has 0 atom stereocenters. The van der Waals surface area contributed by atoms with Gasteiger partial charge in [0.15, 0.2) is 0 Å². The first-order valence-corrected chi connectivity index (χ1v) is 5.84. The van der Waals surface area contributed by atoms with Crippen LogP contribution in [0.1, 0.15) is 17.3 Å². The van der Waals surface area contributed by atoms with Crippen LogP contribution in [0.15, 0.2) is 23.9 Å². The van der Waals surface area contributed by atoms with Crippen LogP contribution in [0.5, 0.6) is 0 Å². The van der Waals surface area contributed by atoms with Gasteiger partial charge < -0.3 is 10.1 Å². The van der Waals surface area contributed by atoms with E-state index in [9.17, 15) is 9.18 Å². The second-order valence-electron chi connectivity index (χ2n) is 3.46. The van der Waals surface area contributed by atoms with Crippen LogP contribution < -0.4 is 5.32 Å². The molecule has 0 heterocycles. The fraction of sp³-hybridized carbons (Fsp3) is 0.154. The predicted molar refractivity (Wildman–Crippen MR) is 70.3 cm³/mol. The molecule has 102 valence electrons. The average molecular weight is 294 g/mol. The molecule has 7 heteroatoms. The predicted octanol–water partition coefficient (Wildman–Crippen LogP) is 3.00. The maximum Gasteiger partial charge on any atom is 0.339 e. The molecule has 1 aromatic rings. The second kappa shape index (κ2) is 7.13. The monoisotopic (exact) mass is 293 g/mol. The maximum atomic E-state index is 13.6. The smallest absolute Gasteiger partial charge is 0.339 e. The molecular weight excluding hydrogens is 285 g/mol. The summed E-state index contributed by atoms with van der Waals surface area (Å²) in [6, 6.07) is 5.31. The van der Waals surface area contributed by atoms with E-state index < -0.39 is 11.8 Å². The number of anilines is 1. The van der Waals surface area contributed by atoms with Crippen LogP contribution in [0.25, 0.3) is 0 Å². The summed E-state index contributed by atoms with van der Waals surface area (Å²) < 4.78 is 18.4. The number of halogens is 2. The third-order valence-electron chi connectivity index (χ3n) is 2.16. The van der Waals surface area contributed by atoms with Gasteiger partial charge in [-0.05, 0) is 19.1 Å². The Morgan fingerprint density at radius 3 is 2.70 bits per heavy atom. The molecule has 0 unspecified atom stereocenters. The summed E-state index contributed by atoms with van der Waals surface area (Å²) in [5, 5.41) is 19.5. The molecule has 20 heavy (non-hydrogen) atoms. The highest BCUT2D eigenvalue weighted by Crippen LogP contribution is 2.25. The number of benzene rings is 1. The van der Waals surface area contributed by atoms with Crippen LogP contribution in [0, 0.1) is 28.5 Å². The van der Waals surface area contributed by atoms with Gasteiger partial charge in [0.05, 0.1) is 22.9 Å². The average Bonchev–Trinajstić information content (AvgIpc) is 2.42. The number of carbonyl (C=O) groups is 1. The number of rotatable bonds is 4.